The third-order valence-electron chi connectivity index (χ3n) is 4.91. The van der Waals surface area contributed by atoms with E-state index in [2.05, 4.69) is 14.7 Å². The molecule has 0 saturated heterocycles. The first kappa shape index (κ1) is 19.5. The molecule has 0 aliphatic heterocycles. The molecule has 1 atom stereocenters. The number of nitrogens with zero attached hydrogens (tertiary/aromatic N) is 4. The molecule has 9 nitrogen and oxygen atoms in total. The molecule has 0 unspecified atom stereocenters. The number of thiazole rings is 1. The van der Waals surface area contributed by atoms with E-state index in [9.17, 15) is 17.6 Å². The van der Waals surface area contributed by atoms with Gasteiger partial charge in [-0.1, -0.05) is 6.07 Å². The lowest BCUT2D eigenvalue weighted by atomic mass is 10.2. The van der Waals surface area contributed by atoms with Crippen LogP contribution in [0.1, 0.15) is 18.7 Å². The van der Waals surface area contributed by atoms with Crippen LogP contribution >= 0.6 is 11.3 Å². The number of imidazole rings is 1. The smallest absolute Gasteiger partial charge is 0.408 e. The highest BCUT2D eigenvalue weighted by atomic mass is 32.2. The number of pyridine rings is 1. The number of rotatable bonds is 5. The first-order valence-electron chi connectivity index (χ1n) is 9.03. The summed E-state index contributed by atoms with van der Waals surface area (Å²) in [7, 11) is -4.26. The largest absolute Gasteiger partial charge is 0.420 e. The van der Waals surface area contributed by atoms with Crippen molar-refractivity contribution in [1.82, 2.24) is 18.9 Å². The number of sulfonamides is 1. The summed E-state index contributed by atoms with van der Waals surface area (Å²) >= 11 is 1.05. The van der Waals surface area contributed by atoms with Crippen molar-refractivity contribution in [1.29, 1.82) is 0 Å². The van der Waals surface area contributed by atoms with Crippen molar-refractivity contribution in [2.75, 3.05) is 4.72 Å². The van der Waals surface area contributed by atoms with Crippen LogP contribution in [0.4, 0.5) is 9.52 Å². The van der Waals surface area contributed by atoms with Gasteiger partial charge in [0.1, 0.15) is 10.7 Å². The van der Waals surface area contributed by atoms with E-state index in [0.717, 1.165) is 34.7 Å². The van der Waals surface area contributed by atoms with Gasteiger partial charge >= 0.3 is 5.76 Å². The van der Waals surface area contributed by atoms with Crippen LogP contribution in [0.5, 0.6) is 0 Å². The normalized spacial score (nSPS) is 13.1. The van der Waals surface area contributed by atoms with E-state index in [1.54, 1.807) is 24.8 Å². The predicted octanol–water partition coefficient (Wildman–Crippen LogP) is 3.25. The Kier molecular flexibility index (Phi) is 4.41. The number of anilines is 1. The maximum absolute atomic E-state index is 14.9. The zero-order valence-corrected chi connectivity index (χ0v) is 17.5. The highest BCUT2D eigenvalue weighted by Gasteiger charge is 2.25. The summed E-state index contributed by atoms with van der Waals surface area (Å²) in [6, 6.07) is 6.96. The molecule has 5 rings (SSSR count). The van der Waals surface area contributed by atoms with E-state index in [4.69, 9.17) is 4.42 Å². The van der Waals surface area contributed by atoms with Crippen molar-refractivity contribution in [3.8, 4) is 0 Å². The van der Waals surface area contributed by atoms with Gasteiger partial charge in [-0.2, -0.15) is 0 Å². The van der Waals surface area contributed by atoms with Crippen LogP contribution in [-0.4, -0.2) is 27.4 Å². The molecule has 0 aliphatic carbocycles. The molecule has 0 bridgehead atoms. The summed E-state index contributed by atoms with van der Waals surface area (Å²) in [6.07, 6.45) is 4.71. The first-order valence-corrected chi connectivity index (χ1v) is 11.4. The van der Waals surface area contributed by atoms with E-state index in [0.29, 0.717) is 0 Å². The Morgan fingerprint density at radius 1 is 1.29 bits per heavy atom. The average molecular weight is 459 g/mol. The number of aromatic nitrogens is 4. The van der Waals surface area contributed by atoms with Crippen molar-refractivity contribution >= 4 is 43.1 Å². The van der Waals surface area contributed by atoms with E-state index in [1.165, 1.54) is 10.8 Å². The van der Waals surface area contributed by atoms with Gasteiger partial charge < -0.3 is 8.82 Å². The number of fused-ring (bicyclic) bond motifs is 2. The fourth-order valence-corrected chi connectivity index (χ4v) is 5.36. The lowest BCUT2D eigenvalue weighted by Crippen LogP contribution is -2.21. The SMILES string of the molecule is C[C@@H](c1cccc2cncn12)n1c(=O)oc2cc(S(=O)(=O)Nc3nccs3)c(F)cc21. The molecule has 0 aliphatic rings. The highest BCUT2D eigenvalue weighted by molar-refractivity contribution is 7.93. The zero-order chi connectivity index (χ0) is 21.8. The van der Waals surface area contributed by atoms with Crippen LogP contribution in [0.15, 0.2) is 68.5 Å². The van der Waals surface area contributed by atoms with Gasteiger partial charge in [-0.3, -0.25) is 9.29 Å². The van der Waals surface area contributed by atoms with Gasteiger partial charge in [0.05, 0.1) is 29.6 Å². The minimum absolute atomic E-state index is 0.0458. The molecule has 4 aromatic heterocycles. The van der Waals surface area contributed by atoms with Crippen LogP contribution in [0.25, 0.3) is 16.6 Å². The van der Waals surface area contributed by atoms with Gasteiger partial charge in [-0.05, 0) is 19.1 Å². The first-order chi connectivity index (χ1) is 14.8. The highest BCUT2D eigenvalue weighted by Crippen LogP contribution is 2.28. The molecule has 0 saturated carbocycles. The third kappa shape index (κ3) is 3.20. The molecule has 4 heterocycles. The van der Waals surface area contributed by atoms with E-state index in [-0.39, 0.29) is 16.2 Å². The quantitative estimate of drug-likeness (QED) is 0.432. The molecule has 1 N–H and O–H groups in total. The molecule has 5 aromatic rings. The molecule has 0 fully saturated rings. The summed E-state index contributed by atoms with van der Waals surface area (Å²) in [6.45, 7) is 1.76. The Morgan fingerprint density at radius 2 is 2.13 bits per heavy atom. The second-order valence-corrected chi connectivity index (χ2v) is 9.29. The van der Waals surface area contributed by atoms with E-state index < -0.39 is 32.5 Å². The number of hydrogen-bond donors (Lipinski definition) is 1. The Morgan fingerprint density at radius 3 is 2.90 bits per heavy atom. The number of nitrogens with one attached hydrogen (secondary N) is 1. The van der Waals surface area contributed by atoms with Crippen LogP contribution < -0.4 is 10.5 Å². The monoisotopic (exact) mass is 459 g/mol. The van der Waals surface area contributed by atoms with Crippen LogP contribution in [-0.2, 0) is 10.0 Å². The van der Waals surface area contributed by atoms with Crippen molar-refractivity contribution in [2.24, 2.45) is 0 Å². The van der Waals surface area contributed by atoms with Gasteiger partial charge in [-0.15, -0.1) is 11.3 Å². The number of halogens is 1. The summed E-state index contributed by atoms with van der Waals surface area (Å²) in [4.78, 5) is 19.9. The van der Waals surface area contributed by atoms with Crippen LogP contribution in [0.3, 0.4) is 0 Å². The molecule has 158 valence electrons. The topological polar surface area (TPSA) is 111 Å². The molecule has 0 spiro atoms. The second-order valence-electron chi connectivity index (χ2n) is 6.75. The molecule has 31 heavy (non-hydrogen) atoms. The Bertz CT molecular complexity index is 1580. The van der Waals surface area contributed by atoms with E-state index in [1.807, 2.05) is 22.6 Å². The average Bonchev–Trinajstić information content (AvgIpc) is 3.45. The fraction of sp³-hybridized carbons (Fsp3) is 0.105. The van der Waals surface area contributed by atoms with E-state index >= 15 is 0 Å². The number of hydrogen-bond acceptors (Lipinski definition) is 7. The van der Waals surface area contributed by atoms with Gasteiger partial charge in [0.2, 0.25) is 0 Å². The molecule has 1 aromatic carbocycles. The maximum Gasteiger partial charge on any atom is 0.420 e. The van der Waals surface area contributed by atoms with Crippen molar-refractivity contribution < 1.29 is 17.2 Å². The van der Waals surface area contributed by atoms with Crippen LogP contribution in [0, 0.1) is 5.82 Å². The molecule has 12 heteroatoms. The minimum atomic E-state index is -4.26. The lowest BCUT2D eigenvalue weighted by Gasteiger charge is -2.15. The van der Waals surface area contributed by atoms with Crippen LogP contribution in [0.2, 0.25) is 0 Å². The zero-order valence-electron chi connectivity index (χ0n) is 15.9. The Labute approximate surface area is 178 Å². The Hall–Kier alpha value is -3.51. The fourth-order valence-electron chi connectivity index (χ4n) is 3.49. The van der Waals surface area contributed by atoms with Gasteiger partial charge in [0.25, 0.3) is 10.0 Å². The lowest BCUT2D eigenvalue weighted by molar-refractivity contribution is 0.484. The summed E-state index contributed by atoms with van der Waals surface area (Å²) in [5.41, 5.74) is 1.65. The molecule has 0 amide bonds. The maximum atomic E-state index is 14.9. The predicted molar refractivity (Wildman–Crippen MR) is 112 cm³/mol. The van der Waals surface area contributed by atoms with Gasteiger partial charge in [0.15, 0.2) is 10.7 Å². The standard InChI is InChI=1S/C19H14FN5O4S2/c1-11(14-4-2-3-12-9-21-10-24(12)14)25-15-7-13(20)17(8-16(15)29-19(25)26)31(27,28)23-18-22-5-6-30-18/h2-11H,1H3,(H,22,23)/t11-/m0/s1. The van der Waals surface area contributed by atoms with Crippen molar-refractivity contribution in [3.63, 3.8) is 0 Å². The minimum Gasteiger partial charge on any atom is -0.408 e. The van der Waals surface area contributed by atoms with Crippen molar-refractivity contribution in [2.45, 2.75) is 17.9 Å². The number of oxazole rings is 1. The Balaban J connectivity index is 1.63. The molecular weight excluding hydrogens is 445 g/mol. The van der Waals surface area contributed by atoms with Gasteiger partial charge in [-0.25, -0.2) is 27.6 Å². The second kappa shape index (κ2) is 7.03. The molecule has 0 radical (unpaired) electrons. The summed E-state index contributed by atoms with van der Waals surface area (Å²) in [5, 5.41) is 1.68. The number of benzene rings is 1. The summed E-state index contributed by atoms with van der Waals surface area (Å²) in [5.74, 6) is -1.75. The van der Waals surface area contributed by atoms with Gasteiger partial charge in [0, 0.05) is 29.4 Å². The third-order valence-corrected chi connectivity index (χ3v) is 7.08. The van der Waals surface area contributed by atoms with Crippen molar-refractivity contribution in [3.05, 3.63) is 76.5 Å². The molecular formula is C19H14FN5O4S2. The summed E-state index contributed by atoms with van der Waals surface area (Å²) < 4.78 is 50.7.